The third kappa shape index (κ3) is 4.03. The van der Waals surface area contributed by atoms with Gasteiger partial charge in [-0.3, -0.25) is 19.7 Å². The van der Waals surface area contributed by atoms with E-state index >= 15 is 0 Å². The molecule has 0 fully saturated rings. The third-order valence-corrected chi connectivity index (χ3v) is 2.45. The number of hydrogen-bond acceptors (Lipinski definition) is 5. The normalized spacial score (nSPS) is 11.7. The van der Waals surface area contributed by atoms with Gasteiger partial charge in [0, 0.05) is 12.1 Å². The molecular formula is C11H14N4O4. The highest BCUT2D eigenvalue weighted by Crippen LogP contribution is 2.21. The number of primary amides is 1. The van der Waals surface area contributed by atoms with E-state index in [4.69, 9.17) is 11.5 Å². The first kappa shape index (κ1) is 14.6. The first-order chi connectivity index (χ1) is 8.81. The van der Waals surface area contributed by atoms with Crippen molar-refractivity contribution in [2.45, 2.75) is 19.4 Å². The molecule has 2 amide bonds. The Bertz CT molecular complexity index is 529. The standard InChI is InChI=1S/C11H14N4O4/c1-6-2-3-7(15(18)19)4-9(6)14-11(17)8(12)5-10(13)16/h2-4,8H,5,12H2,1H3,(H2,13,16)(H,14,17). The number of benzene rings is 1. The first-order valence-electron chi connectivity index (χ1n) is 5.41. The molecule has 0 bridgehead atoms. The molecule has 1 aromatic carbocycles. The molecule has 1 unspecified atom stereocenters. The quantitative estimate of drug-likeness (QED) is 0.509. The molecule has 102 valence electrons. The summed E-state index contributed by atoms with van der Waals surface area (Å²) in [6.45, 7) is 1.68. The molecule has 0 saturated carbocycles. The lowest BCUT2D eigenvalue weighted by molar-refractivity contribution is -0.384. The number of nitrogens with zero attached hydrogens (tertiary/aromatic N) is 1. The van der Waals surface area contributed by atoms with Crippen molar-refractivity contribution >= 4 is 23.2 Å². The molecule has 0 spiro atoms. The summed E-state index contributed by atoms with van der Waals surface area (Å²) >= 11 is 0. The smallest absolute Gasteiger partial charge is 0.271 e. The molecule has 1 aromatic rings. The average Bonchev–Trinajstić information content (AvgIpc) is 2.30. The Morgan fingerprint density at radius 2 is 2.11 bits per heavy atom. The van der Waals surface area contributed by atoms with Crippen LogP contribution < -0.4 is 16.8 Å². The number of nitro benzene ring substituents is 1. The topological polar surface area (TPSA) is 141 Å². The van der Waals surface area contributed by atoms with Gasteiger partial charge in [0.25, 0.3) is 5.69 Å². The molecule has 0 radical (unpaired) electrons. The Balaban J connectivity index is 2.86. The largest absolute Gasteiger partial charge is 0.370 e. The van der Waals surface area contributed by atoms with E-state index in [0.717, 1.165) is 0 Å². The molecule has 8 heteroatoms. The van der Waals surface area contributed by atoms with E-state index in [9.17, 15) is 19.7 Å². The molecule has 0 saturated heterocycles. The van der Waals surface area contributed by atoms with Crippen molar-refractivity contribution < 1.29 is 14.5 Å². The monoisotopic (exact) mass is 266 g/mol. The van der Waals surface area contributed by atoms with Crippen LogP contribution in [0.1, 0.15) is 12.0 Å². The SMILES string of the molecule is Cc1ccc([N+](=O)[O-])cc1NC(=O)C(N)CC(N)=O. The second-order valence-electron chi connectivity index (χ2n) is 4.02. The van der Waals surface area contributed by atoms with Crippen molar-refractivity contribution in [3.8, 4) is 0 Å². The summed E-state index contributed by atoms with van der Waals surface area (Å²) in [6, 6.07) is 2.97. The zero-order chi connectivity index (χ0) is 14.6. The van der Waals surface area contributed by atoms with Gasteiger partial charge in [-0.2, -0.15) is 0 Å². The minimum Gasteiger partial charge on any atom is -0.370 e. The lowest BCUT2D eigenvalue weighted by atomic mass is 10.1. The number of nitrogens with one attached hydrogen (secondary N) is 1. The predicted molar refractivity (Wildman–Crippen MR) is 68.2 cm³/mol. The summed E-state index contributed by atoms with van der Waals surface area (Å²) in [6.07, 6.45) is -0.292. The number of rotatable bonds is 5. The molecule has 0 aromatic heterocycles. The van der Waals surface area contributed by atoms with E-state index in [1.165, 1.54) is 18.2 Å². The molecule has 0 aliphatic heterocycles. The fourth-order valence-electron chi connectivity index (χ4n) is 1.39. The fraction of sp³-hybridized carbons (Fsp3) is 0.273. The van der Waals surface area contributed by atoms with Crippen molar-refractivity contribution in [1.82, 2.24) is 0 Å². The number of anilines is 1. The van der Waals surface area contributed by atoms with Gasteiger partial charge in [0.1, 0.15) is 0 Å². The van der Waals surface area contributed by atoms with Crippen LogP contribution in [0.2, 0.25) is 0 Å². The maximum atomic E-state index is 11.7. The van der Waals surface area contributed by atoms with E-state index < -0.39 is 22.8 Å². The second kappa shape index (κ2) is 5.91. The van der Waals surface area contributed by atoms with Crippen LogP contribution in [0.5, 0.6) is 0 Å². The number of amides is 2. The molecule has 5 N–H and O–H groups in total. The first-order valence-corrected chi connectivity index (χ1v) is 5.41. The summed E-state index contributed by atoms with van der Waals surface area (Å²) in [5.41, 5.74) is 11.2. The van der Waals surface area contributed by atoms with Gasteiger partial charge in [-0.15, -0.1) is 0 Å². The highest BCUT2D eigenvalue weighted by atomic mass is 16.6. The number of carbonyl (C=O) groups is 2. The van der Waals surface area contributed by atoms with Crippen LogP contribution in [0.15, 0.2) is 18.2 Å². The van der Waals surface area contributed by atoms with E-state index in [0.29, 0.717) is 5.56 Å². The lowest BCUT2D eigenvalue weighted by Crippen LogP contribution is -2.39. The fourth-order valence-corrected chi connectivity index (χ4v) is 1.39. The molecule has 19 heavy (non-hydrogen) atoms. The zero-order valence-electron chi connectivity index (χ0n) is 10.3. The van der Waals surface area contributed by atoms with Crippen molar-refractivity contribution in [3.05, 3.63) is 33.9 Å². The zero-order valence-corrected chi connectivity index (χ0v) is 10.3. The second-order valence-corrected chi connectivity index (χ2v) is 4.02. The van der Waals surface area contributed by atoms with Gasteiger partial charge in [0.2, 0.25) is 11.8 Å². The minimum absolute atomic E-state index is 0.149. The Morgan fingerprint density at radius 1 is 1.47 bits per heavy atom. The Hall–Kier alpha value is -2.48. The average molecular weight is 266 g/mol. The van der Waals surface area contributed by atoms with Crippen LogP contribution in [0.25, 0.3) is 0 Å². The number of hydrogen-bond donors (Lipinski definition) is 3. The summed E-state index contributed by atoms with van der Waals surface area (Å²) in [7, 11) is 0. The predicted octanol–water partition coefficient (Wildman–Crippen LogP) is 0.0444. The maximum Gasteiger partial charge on any atom is 0.271 e. The van der Waals surface area contributed by atoms with Crippen molar-refractivity contribution in [2.24, 2.45) is 11.5 Å². The highest BCUT2D eigenvalue weighted by Gasteiger charge is 2.18. The molecule has 1 rings (SSSR count). The number of nitrogens with two attached hydrogens (primary N) is 2. The van der Waals surface area contributed by atoms with Crippen LogP contribution in [0.4, 0.5) is 11.4 Å². The Labute approximate surface area is 108 Å². The number of nitro groups is 1. The minimum atomic E-state index is -1.09. The van der Waals surface area contributed by atoms with Crippen molar-refractivity contribution in [2.75, 3.05) is 5.32 Å². The maximum absolute atomic E-state index is 11.7. The van der Waals surface area contributed by atoms with Gasteiger partial charge in [-0.1, -0.05) is 6.07 Å². The van der Waals surface area contributed by atoms with Crippen LogP contribution in [-0.2, 0) is 9.59 Å². The van der Waals surface area contributed by atoms with E-state index in [1.807, 2.05) is 0 Å². The van der Waals surface area contributed by atoms with Gasteiger partial charge in [-0.05, 0) is 12.5 Å². The van der Waals surface area contributed by atoms with Crippen molar-refractivity contribution in [3.63, 3.8) is 0 Å². The van der Waals surface area contributed by atoms with Gasteiger partial charge < -0.3 is 16.8 Å². The van der Waals surface area contributed by atoms with E-state index in [1.54, 1.807) is 6.92 Å². The van der Waals surface area contributed by atoms with Crippen LogP contribution in [0.3, 0.4) is 0 Å². The number of non-ortho nitro benzene ring substituents is 1. The molecule has 1 atom stereocenters. The molecule has 8 nitrogen and oxygen atoms in total. The van der Waals surface area contributed by atoms with E-state index in [2.05, 4.69) is 5.32 Å². The molecule has 0 aliphatic rings. The van der Waals surface area contributed by atoms with Crippen LogP contribution >= 0.6 is 0 Å². The summed E-state index contributed by atoms with van der Waals surface area (Å²) < 4.78 is 0. The molecule has 0 heterocycles. The molecule has 0 aliphatic carbocycles. The molecular weight excluding hydrogens is 252 g/mol. The van der Waals surface area contributed by atoms with Crippen LogP contribution in [-0.4, -0.2) is 22.8 Å². The van der Waals surface area contributed by atoms with Crippen molar-refractivity contribution in [1.29, 1.82) is 0 Å². The summed E-state index contributed by atoms with van der Waals surface area (Å²) in [4.78, 5) is 32.4. The number of aryl methyl sites for hydroxylation is 1. The summed E-state index contributed by atoms with van der Waals surface area (Å²) in [5, 5.41) is 13.1. The Morgan fingerprint density at radius 3 is 2.63 bits per heavy atom. The lowest BCUT2D eigenvalue weighted by Gasteiger charge is -2.12. The van der Waals surface area contributed by atoms with Gasteiger partial charge in [0.15, 0.2) is 0 Å². The van der Waals surface area contributed by atoms with E-state index in [-0.39, 0.29) is 17.8 Å². The van der Waals surface area contributed by atoms with Gasteiger partial charge in [-0.25, -0.2) is 0 Å². The highest BCUT2D eigenvalue weighted by molar-refractivity contribution is 5.97. The van der Waals surface area contributed by atoms with Crippen LogP contribution in [0, 0.1) is 17.0 Å². The number of carbonyl (C=O) groups excluding carboxylic acids is 2. The summed E-state index contributed by atoms with van der Waals surface area (Å²) in [5.74, 6) is -1.32. The van der Waals surface area contributed by atoms with Gasteiger partial charge in [0.05, 0.1) is 23.1 Å². The Kier molecular flexibility index (Phi) is 4.54. The third-order valence-electron chi connectivity index (χ3n) is 2.45. The van der Waals surface area contributed by atoms with Gasteiger partial charge >= 0.3 is 0 Å².